The normalized spacial score (nSPS) is 14.6. The van der Waals surface area contributed by atoms with Gasteiger partial charge in [0.25, 0.3) is 0 Å². The van der Waals surface area contributed by atoms with E-state index < -0.39 is 0 Å². The molecule has 17 heavy (non-hydrogen) atoms. The van der Waals surface area contributed by atoms with Gasteiger partial charge in [0.05, 0.1) is 12.8 Å². The van der Waals surface area contributed by atoms with E-state index in [1.807, 2.05) is 19.1 Å². The summed E-state index contributed by atoms with van der Waals surface area (Å²) in [6.45, 7) is 7.66. The van der Waals surface area contributed by atoms with Crippen LogP contribution in [0.15, 0.2) is 24.3 Å². The Morgan fingerprint density at radius 2 is 2.00 bits per heavy atom. The molecule has 0 radical (unpaired) electrons. The van der Waals surface area contributed by atoms with Crippen LogP contribution in [0.4, 0.5) is 0 Å². The first-order valence-corrected chi connectivity index (χ1v) is 6.11. The van der Waals surface area contributed by atoms with E-state index in [-0.39, 0.29) is 12.2 Å². The molecule has 1 rings (SSSR count). The molecule has 3 nitrogen and oxygen atoms in total. The Hall–Kier alpha value is -0.900. The summed E-state index contributed by atoms with van der Waals surface area (Å²) in [5.74, 6) is 0. The van der Waals surface area contributed by atoms with Gasteiger partial charge >= 0.3 is 0 Å². The average molecular weight is 237 g/mol. The fraction of sp³-hybridized carbons (Fsp3) is 0.571. The molecule has 0 aliphatic heterocycles. The third-order valence-corrected chi connectivity index (χ3v) is 2.87. The summed E-state index contributed by atoms with van der Waals surface area (Å²) >= 11 is 0. The lowest BCUT2D eigenvalue weighted by Crippen LogP contribution is -2.27. The molecule has 0 saturated heterocycles. The van der Waals surface area contributed by atoms with Crippen molar-refractivity contribution in [1.29, 1.82) is 0 Å². The van der Waals surface area contributed by atoms with Crippen molar-refractivity contribution >= 4 is 0 Å². The molecule has 0 heterocycles. The van der Waals surface area contributed by atoms with Crippen LogP contribution in [0.5, 0.6) is 0 Å². The minimum atomic E-state index is -0.0187. The van der Waals surface area contributed by atoms with Gasteiger partial charge in [0.15, 0.2) is 0 Å². The minimum absolute atomic E-state index is 0.0187. The second kappa shape index (κ2) is 7.43. The molecular weight excluding hydrogens is 214 g/mol. The summed E-state index contributed by atoms with van der Waals surface area (Å²) in [6.07, 6.45) is 0.00926. The predicted octanol–water partition coefficient (Wildman–Crippen LogP) is 2.65. The molecule has 0 fully saturated rings. The summed E-state index contributed by atoms with van der Waals surface area (Å²) in [7, 11) is 1.73. The number of aryl methyl sites for hydroxylation is 1. The molecule has 0 amide bonds. The van der Waals surface area contributed by atoms with E-state index in [4.69, 9.17) is 9.47 Å². The highest BCUT2D eigenvalue weighted by molar-refractivity contribution is 5.28. The fourth-order valence-corrected chi connectivity index (χ4v) is 1.86. The van der Waals surface area contributed by atoms with Crippen LogP contribution in [0, 0.1) is 6.92 Å². The van der Waals surface area contributed by atoms with E-state index in [1.54, 1.807) is 7.11 Å². The van der Waals surface area contributed by atoms with E-state index in [0.29, 0.717) is 6.73 Å². The molecule has 1 N–H and O–H groups in total. The highest BCUT2D eigenvalue weighted by atomic mass is 16.5. The van der Waals surface area contributed by atoms with Crippen LogP contribution in [-0.2, 0) is 9.47 Å². The number of nitrogens with one attached hydrogen (secondary N) is 1. The molecule has 2 unspecified atom stereocenters. The third kappa shape index (κ3) is 4.11. The van der Waals surface area contributed by atoms with Gasteiger partial charge in [-0.3, -0.25) is 5.32 Å². The number of hydrogen-bond acceptors (Lipinski definition) is 3. The topological polar surface area (TPSA) is 30.5 Å². The van der Waals surface area contributed by atoms with Crippen molar-refractivity contribution in [3.05, 3.63) is 35.4 Å². The fourth-order valence-electron chi connectivity index (χ4n) is 1.86. The largest absolute Gasteiger partial charge is 0.374 e. The first kappa shape index (κ1) is 14.2. The van der Waals surface area contributed by atoms with Crippen LogP contribution in [0.1, 0.15) is 31.1 Å². The Labute approximate surface area is 104 Å². The van der Waals surface area contributed by atoms with Crippen molar-refractivity contribution in [3.63, 3.8) is 0 Å². The average Bonchev–Trinajstić information content (AvgIpc) is 2.33. The molecule has 3 heteroatoms. The Morgan fingerprint density at radius 1 is 1.29 bits per heavy atom. The van der Waals surface area contributed by atoms with Gasteiger partial charge in [-0.25, -0.2) is 0 Å². The number of methoxy groups -OCH3 is 1. The molecule has 0 saturated carbocycles. The summed E-state index contributed by atoms with van der Waals surface area (Å²) in [6, 6.07) is 8.26. The number of hydrogen-bond donors (Lipinski definition) is 1. The minimum Gasteiger partial charge on any atom is -0.374 e. The van der Waals surface area contributed by atoms with Crippen LogP contribution >= 0.6 is 0 Å². The first-order valence-electron chi connectivity index (χ1n) is 6.11. The van der Waals surface area contributed by atoms with E-state index in [0.717, 1.165) is 6.54 Å². The van der Waals surface area contributed by atoms with Gasteiger partial charge in [0, 0.05) is 7.11 Å². The molecule has 0 spiro atoms. The Bertz CT molecular complexity index is 328. The quantitative estimate of drug-likeness (QED) is 0.584. The number of ether oxygens (including phenoxy) is 2. The van der Waals surface area contributed by atoms with Crippen LogP contribution in [0.3, 0.4) is 0 Å². The molecule has 2 atom stereocenters. The van der Waals surface area contributed by atoms with Gasteiger partial charge in [-0.1, -0.05) is 31.2 Å². The van der Waals surface area contributed by atoms with Gasteiger partial charge < -0.3 is 9.47 Å². The first-order chi connectivity index (χ1) is 8.20. The van der Waals surface area contributed by atoms with E-state index in [2.05, 4.69) is 31.3 Å². The lowest BCUT2D eigenvalue weighted by atomic mass is 10.00. The van der Waals surface area contributed by atoms with Crippen LogP contribution in [0.25, 0.3) is 0 Å². The smallest absolute Gasteiger partial charge is 0.108 e. The van der Waals surface area contributed by atoms with E-state index in [1.165, 1.54) is 11.1 Å². The zero-order valence-corrected chi connectivity index (χ0v) is 11.2. The lowest BCUT2D eigenvalue weighted by Gasteiger charge is -2.24. The van der Waals surface area contributed by atoms with Crippen molar-refractivity contribution in [2.45, 2.75) is 33.0 Å². The van der Waals surface area contributed by atoms with Crippen molar-refractivity contribution in [2.24, 2.45) is 0 Å². The molecule has 0 aliphatic carbocycles. The molecule has 0 aliphatic rings. The second-order valence-electron chi connectivity index (χ2n) is 4.13. The Kier molecular flexibility index (Phi) is 6.19. The Balaban J connectivity index is 2.67. The summed E-state index contributed by atoms with van der Waals surface area (Å²) in [5.41, 5.74) is 2.43. The van der Waals surface area contributed by atoms with Crippen molar-refractivity contribution in [3.8, 4) is 0 Å². The maximum Gasteiger partial charge on any atom is 0.108 e. The van der Waals surface area contributed by atoms with E-state index in [9.17, 15) is 0 Å². The molecule has 0 aromatic heterocycles. The zero-order valence-electron chi connectivity index (χ0n) is 11.2. The van der Waals surface area contributed by atoms with Crippen molar-refractivity contribution in [1.82, 2.24) is 5.32 Å². The monoisotopic (exact) mass is 237 g/mol. The second-order valence-corrected chi connectivity index (χ2v) is 4.13. The van der Waals surface area contributed by atoms with Crippen molar-refractivity contribution < 1.29 is 9.47 Å². The molecule has 96 valence electrons. The summed E-state index contributed by atoms with van der Waals surface area (Å²) in [4.78, 5) is 0. The number of benzene rings is 1. The van der Waals surface area contributed by atoms with Crippen LogP contribution in [0.2, 0.25) is 0 Å². The van der Waals surface area contributed by atoms with Crippen LogP contribution < -0.4 is 5.32 Å². The van der Waals surface area contributed by atoms with Gasteiger partial charge in [-0.05, 0) is 31.5 Å². The maximum atomic E-state index is 5.71. The summed E-state index contributed by atoms with van der Waals surface area (Å²) in [5, 5.41) is 3.15. The summed E-state index contributed by atoms with van der Waals surface area (Å²) < 4.78 is 11.3. The zero-order chi connectivity index (χ0) is 12.7. The highest BCUT2D eigenvalue weighted by Crippen LogP contribution is 2.25. The SMILES string of the molecule is CCNCOC(C)C(OC)c1ccccc1C. The molecule has 1 aromatic rings. The van der Waals surface area contributed by atoms with Gasteiger partial charge in [0.2, 0.25) is 0 Å². The predicted molar refractivity (Wildman–Crippen MR) is 70.0 cm³/mol. The standard InChI is InChI=1S/C14H23NO2/c1-5-15-10-17-12(3)14(16-4)13-9-7-6-8-11(13)2/h6-9,12,14-15H,5,10H2,1-4H3. The van der Waals surface area contributed by atoms with Gasteiger partial charge in [-0.15, -0.1) is 0 Å². The van der Waals surface area contributed by atoms with Crippen molar-refractivity contribution in [2.75, 3.05) is 20.4 Å². The van der Waals surface area contributed by atoms with E-state index >= 15 is 0 Å². The molecule has 1 aromatic carbocycles. The number of rotatable bonds is 7. The van der Waals surface area contributed by atoms with Crippen LogP contribution in [-0.4, -0.2) is 26.5 Å². The highest BCUT2D eigenvalue weighted by Gasteiger charge is 2.20. The Morgan fingerprint density at radius 3 is 2.59 bits per heavy atom. The van der Waals surface area contributed by atoms with Gasteiger partial charge in [-0.2, -0.15) is 0 Å². The molecule has 0 bridgehead atoms. The van der Waals surface area contributed by atoms with Gasteiger partial charge in [0.1, 0.15) is 6.10 Å². The maximum absolute atomic E-state index is 5.71. The third-order valence-electron chi connectivity index (χ3n) is 2.87. The molecular formula is C14H23NO2. The lowest BCUT2D eigenvalue weighted by molar-refractivity contribution is -0.0541.